The molecule has 7 heteroatoms. The number of aliphatic hydroxyl groups excluding tert-OH is 1. The van der Waals surface area contributed by atoms with Crippen molar-refractivity contribution in [1.29, 1.82) is 0 Å². The van der Waals surface area contributed by atoms with Crippen LogP contribution in [0, 0.1) is 0 Å². The van der Waals surface area contributed by atoms with Gasteiger partial charge in [0.25, 0.3) is 5.91 Å². The predicted molar refractivity (Wildman–Crippen MR) is 105 cm³/mol. The third-order valence-electron chi connectivity index (χ3n) is 4.80. The SMILES string of the molecule is COc1ccc(CC(C)(C)[NH2+]C[C@H](O)c2cc(O)cc3c2OCC(=O)N3)cc1. The highest BCUT2D eigenvalue weighted by atomic mass is 16.5. The number of aliphatic hydroxyl groups is 1. The van der Waals surface area contributed by atoms with Crippen molar-refractivity contribution in [2.45, 2.75) is 31.9 Å². The van der Waals surface area contributed by atoms with Crippen molar-refractivity contribution in [3.05, 3.63) is 47.5 Å². The van der Waals surface area contributed by atoms with E-state index in [2.05, 4.69) is 24.5 Å². The third kappa shape index (κ3) is 4.74. The Balaban J connectivity index is 1.67. The molecule has 1 aliphatic rings. The minimum Gasteiger partial charge on any atom is -0.508 e. The van der Waals surface area contributed by atoms with Crippen LogP contribution in [0.1, 0.15) is 31.1 Å². The lowest BCUT2D eigenvalue weighted by Gasteiger charge is -2.26. The summed E-state index contributed by atoms with van der Waals surface area (Å²) in [6.45, 7) is 4.50. The molecule has 2 aromatic carbocycles. The van der Waals surface area contributed by atoms with Gasteiger partial charge in [0, 0.05) is 18.1 Å². The fourth-order valence-corrected chi connectivity index (χ4v) is 3.36. The monoisotopic (exact) mass is 387 g/mol. The highest BCUT2D eigenvalue weighted by Gasteiger charge is 2.28. The van der Waals surface area contributed by atoms with E-state index in [1.54, 1.807) is 7.11 Å². The summed E-state index contributed by atoms with van der Waals surface area (Å²) in [4.78, 5) is 11.5. The molecular weight excluding hydrogens is 360 g/mol. The fraction of sp³-hybridized carbons (Fsp3) is 0.381. The normalized spacial score (nSPS) is 14.6. The van der Waals surface area contributed by atoms with Gasteiger partial charge in [0.15, 0.2) is 6.61 Å². The quantitative estimate of drug-likeness (QED) is 0.574. The number of quaternary nitrogens is 1. The van der Waals surface area contributed by atoms with E-state index in [0.717, 1.165) is 12.2 Å². The molecule has 0 unspecified atom stereocenters. The van der Waals surface area contributed by atoms with Crippen LogP contribution < -0.4 is 20.1 Å². The molecule has 5 N–H and O–H groups in total. The second-order valence-corrected chi connectivity index (χ2v) is 7.72. The van der Waals surface area contributed by atoms with Gasteiger partial charge in [-0.3, -0.25) is 4.79 Å². The zero-order valence-corrected chi connectivity index (χ0v) is 16.4. The summed E-state index contributed by atoms with van der Waals surface area (Å²) in [7, 11) is 1.64. The number of amides is 1. The molecule has 0 bridgehead atoms. The van der Waals surface area contributed by atoms with Gasteiger partial charge in [-0.1, -0.05) is 12.1 Å². The lowest BCUT2D eigenvalue weighted by atomic mass is 9.94. The number of carbonyl (C=O) groups is 1. The molecule has 0 aliphatic carbocycles. The summed E-state index contributed by atoms with van der Waals surface area (Å²) in [6.07, 6.45) is -0.0417. The number of rotatable bonds is 7. The number of ether oxygens (including phenoxy) is 2. The molecular formula is C21H27N2O5+. The van der Waals surface area contributed by atoms with Crippen LogP contribution in [0.25, 0.3) is 0 Å². The molecule has 1 atom stereocenters. The molecule has 1 heterocycles. The summed E-state index contributed by atoms with van der Waals surface area (Å²) in [5.74, 6) is 0.912. The first-order valence-corrected chi connectivity index (χ1v) is 9.22. The Kier molecular flexibility index (Phi) is 5.76. The third-order valence-corrected chi connectivity index (χ3v) is 4.80. The van der Waals surface area contributed by atoms with Gasteiger partial charge in [-0.15, -0.1) is 0 Å². The number of hydrogen-bond acceptors (Lipinski definition) is 5. The van der Waals surface area contributed by atoms with Crippen molar-refractivity contribution in [3.63, 3.8) is 0 Å². The molecule has 1 aliphatic heterocycles. The lowest BCUT2D eigenvalue weighted by Crippen LogP contribution is -2.96. The van der Waals surface area contributed by atoms with Crippen molar-refractivity contribution in [2.75, 3.05) is 25.6 Å². The Morgan fingerprint density at radius 3 is 2.68 bits per heavy atom. The second-order valence-electron chi connectivity index (χ2n) is 7.72. The summed E-state index contributed by atoms with van der Waals surface area (Å²) in [5, 5.41) is 25.4. The number of methoxy groups -OCH3 is 1. The smallest absolute Gasteiger partial charge is 0.262 e. The molecule has 0 fully saturated rings. The number of phenols is 1. The minimum absolute atomic E-state index is 0.0314. The number of nitrogens with one attached hydrogen (secondary N) is 1. The molecule has 28 heavy (non-hydrogen) atoms. The Morgan fingerprint density at radius 1 is 1.29 bits per heavy atom. The molecule has 2 aromatic rings. The van der Waals surface area contributed by atoms with E-state index in [9.17, 15) is 15.0 Å². The first-order valence-electron chi connectivity index (χ1n) is 9.22. The van der Waals surface area contributed by atoms with Gasteiger partial charge in [0.2, 0.25) is 0 Å². The van der Waals surface area contributed by atoms with Crippen LogP contribution in [-0.2, 0) is 11.2 Å². The molecule has 7 nitrogen and oxygen atoms in total. The molecule has 3 rings (SSSR count). The molecule has 150 valence electrons. The number of fused-ring (bicyclic) bond motifs is 1. The topological polar surface area (TPSA) is 105 Å². The van der Waals surface area contributed by atoms with Gasteiger partial charge in [0.05, 0.1) is 18.3 Å². The van der Waals surface area contributed by atoms with Crippen molar-refractivity contribution >= 4 is 11.6 Å². The Morgan fingerprint density at radius 2 is 2.00 bits per heavy atom. The zero-order chi connectivity index (χ0) is 20.3. The highest BCUT2D eigenvalue weighted by Crippen LogP contribution is 2.38. The number of aromatic hydroxyl groups is 1. The van der Waals surface area contributed by atoms with Gasteiger partial charge in [-0.25, -0.2) is 0 Å². The molecule has 1 amide bonds. The van der Waals surface area contributed by atoms with Gasteiger partial charge in [0.1, 0.15) is 29.9 Å². The maximum absolute atomic E-state index is 11.5. The highest BCUT2D eigenvalue weighted by molar-refractivity contribution is 5.96. The van der Waals surface area contributed by atoms with Gasteiger partial charge >= 0.3 is 0 Å². The minimum atomic E-state index is -0.856. The van der Waals surface area contributed by atoms with E-state index < -0.39 is 6.10 Å². The van der Waals surface area contributed by atoms with E-state index in [1.807, 2.05) is 24.3 Å². The van der Waals surface area contributed by atoms with E-state index in [-0.39, 0.29) is 23.8 Å². The first kappa shape index (κ1) is 20.0. The molecule has 0 aromatic heterocycles. The molecule has 0 saturated carbocycles. The van der Waals surface area contributed by atoms with Crippen LogP contribution in [0.15, 0.2) is 36.4 Å². The van der Waals surface area contributed by atoms with Crippen LogP contribution in [0.4, 0.5) is 5.69 Å². The van der Waals surface area contributed by atoms with Crippen LogP contribution in [0.5, 0.6) is 17.2 Å². The molecule has 0 radical (unpaired) electrons. The number of carbonyl (C=O) groups excluding carboxylic acids is 1. The summed E-state index contributed by atoms with van der Waals surface area (Å²) in [6, 6.07) is 10.8. The number of nitrogens with two attached hydrogens (primary N) is 1. The summed E-state index contributed by atoms with van der Waals surface area (Å²) in [5.41, 5.74) is 1.87. The number of phenolic OH excluding ortho intramolecular Hbond substituents is 1. The maximum Gasteiger partial charge on any atom is 0.262 e. The Labute approximate surface area is 164 Å². The van der Waals surface area contributed by atoms with Crippen molar-refractivity contribution in [2.24, 2.45) is 0 Å². The van der Waals surface area contributed by atoms with Gasteiger partial charge in [-0.2, -0.15) is 0 Å². The van der Waals surface area contributed by atoms with E-state index in [4.69, 9.17) is 9.47 Å². The van der Waals surface area contributed by atoms with E-state index in [0.29, 0.717) is 23.5 Å². The zero-order valence-electron chi connectivity index (χ0n) is 16.4. The van der Waals surface area contributed by atoms with Gasteiger partial charge in [-0.05, 0) is 37.6 Å². The van der Waals surface area contributed by atoms with E-state index >= 15 is 0 Å². The van der Waals surface area contributed by atoms with Crippen LogP contribution in [0.3, 0.4) is 0 Å². The Hall–Kier alpha value is -2.77. The van der Waals surface area contributed by atoms with Crippen molar-refractivity contribution in [3.8, 4) is 17.2 Å². The summed E-state index contributed by atoms with van der Waals surface area (Å²) >= 11 is 0. The second kappa shape index (κ2) is 8.08. The lowest BCUT2D eigenvalue weighted by molar-refractivity contribution is -0.726. The van der Waals surface area contributed by atoms with Crippen LogP contribution >= 0.6 is 0 Å². The number of benzene rings is 2. The van der Waals surface area contributed by atoms with Crippen LogP contribution in [-0.4, -0.2) is 41.9 Å². The molecule has 0 spiro atoms. The van der Waals surface area contributed by atoms with Crippen LogP contribution in [0.2, 0.25) is 0 Å². The number of hydrogen-bond donors (Lipinski definition) is 4. The largest absolute Gasteiger partial charge is 0.508 e. The van der Waals surface area contributed by atoms with Crippen molar-refractivity contribution < 1.29 is 29.8 Å². The average molecular weight is 387 g/mol. The number of anilines is 1. The van der Waals surface area contributed by atoms with Crippen molar-refractivity contribution in [1.82, 2.24) is 0 Å². The van der Waals surface area contributed by atoms with Gasteiger partial charge < -0.3 is 30.3 Å². The van der Waals surface area contributed by atoms with E-state index in [1.165, 1.54) is 17.7 Å². The standard InChI is InChI=1S/C21H26N2O5/c1-21(2,10-13-4-6-15(27-3)7-5-13)22-11-18(25)16-8-14(24)9-17-20(16)28-12-19(26)23-17/h4-9,18,22,24-25H,10-12H2,1-3H3,(H,23,26)/p+1/t18-/m0/s1. The maximum atomic E-state index is 11.5. The Bertz CT molecular complexity index is 849. The first-order chi connectivity index (χ1) is 13.3. The fourth-order valence-electron chi connectivity index (χ4n) is 3.36. The summed E-state index contributed by atoms with van der Waals surface area (Å²) < 4.78 is 10.7. The molecule has 0 saturated heterocycles. The average Bonchev–Trinajstić information content (AvgIpc) is 2.65. The predicted octanol–water partition coefficient (Wildman–Crippen LogP) is 1.35.